The molecule has 1 saturated heterocycles. The highest BCUT2D eigenvalue weighted by Crippen LogP contribution is 2.33. The monoisotopic (exact) mass is 336 g/mol. The number of nitrogens with one attached hydrogen (secondary N) is 1. The fourth-order valence-electron chi connectivity index (χ4n) is 2.61. The Bertz CT molecular complexity index is 569. The Hall–Kier alpha value is -1.36. The predicted molar refractivity (Wildman–Crippen MR) is 80.4 cm³/mol. The highest BCUT2D eigenvalue weighted by molar-refractivity contribution is 9.10. The van der Waals surface area contributed by atoms with Gasteiger partial charge in [0.2, 0.25) is 11.8 Å². The van der Waals surface area contributed by atoms with Crippen LogP contribution in [0.5, 0.6) is 0 Å². The number of carbonyl (C=O) groups is 2. The number of likely N-dealkylation sites (tertiary alicyclic amines) is 1. The van der Waals surface area contributed by atoms with Gasteiger partial charge in [0.05, 0.1) is 5.92 Å². The van der Waals surface area contributed by atoms with Crippen LogP contribution in [-0.4, -0.2) is 29.3 Å². The zero-order chi connectivity index (χ0) is 14.3. The van der Waals surface area contributed by atoms with Gasteiger partial charge in [-0.05, 0) is 43.5 Å². The third-order valence-corrected chi connectivity index (χ3v) is 4.83. The minimum atomic E-state index is -0.216. The molecule has 1 aliphatic carbocycles. The molecule has 5 heteroatoms. The number of hydrogen-bond donors (Lipinski definition) is 1. The van der Waals surface area contributed by atoms with Crippen molar-refractivity contribution in [3.63, 3.8) is 0 Å². The van der Waals surface area contributed by atoms with Crippen molar-refractivity contribution in [2.45, 2.75) is 32.2 Å². The molecule has 0 spiro atoms. The van der Waals surface area contributed by atoms with Crippen LogP contribution in [0.25, 0.3) is 0 Å². The van der Waals surface area contributed by atoms with Gasteiger partial charge in [-0.25, -0.2) is 0 Å². The SMILES string of the molecule is Cc1cc(NC(=O)[C@@H]2CC(=O)N(C3CC3)C2)ccc1Br. The number of rotatable bonds is 3. The van der Waals surface area contributed by atoms with Crippen LogP contribution in [0.4, 0.5) is 5.69 Å². The number of aryl methyl sites for hydroxylation is 1. The Morgan fingerprint density at radius 3 is 2.80 bits per heavy atom. The summed E-state index contributed by atoms with van der Waals surface area (Å²) in [5.41, 5.74) is 1.86. The summed E-state index contributed by atoms with van der Waals surface area (Å²) in [6, 6.07) is 6.11. The fraction of sp³-hybridized carbons (Fsp3) is 0.467. The molecule has 0 unspecified atom stereocenters. The molecule has 1 saturated carbocycles. The van der Waals surface area contributed by atoms with Gasteiger partial charge in [0.25, 0.3) is 0 Å². The lowest BCUT2D eigenvalue weighted by Gasteiger charge is -2.15. The summed E-state index contributed by atoms with van der Waals surface area (Å²) < 4.78 is 1.02. The van der Waals surface area contributed by atoms with Gasteiger partial charge in [-0.15, -0.1) is 0 Å². The quantitative estimate of drug-likeness (QED) is 0.922. The number of halogens is 1. The van der Waals surface area contributed by atoms with E-state index >= 15 is 0 Å². The summed E-state index contributed by atoms with van der Waals surface area (Å²) in [5.74, 6) is -0.144. The average Bonchev–Trinajstić information content (AvgIpc) is 3.17. The van der Waals surface area contributed by atoms with E-state index in [-0.39, 0.29) is 17.7 Å². The Morgan fingerprint density at radius 1 is 1.40 bits per heavy atom. The van der Waals surface area contributed by atoms with Crippen molar-refractivity contribution in [1.82, 2.24) is 4.90 Å². The van der Waals surface area contributed by atoms with E-state index in [1.165, 1.54) is 0 Å². The highest BCUT2D eigenvalue weighted by atomic mass is 79.9. The van der Waals surface area contributed by atoms with E-state index in [1.807, 2.05) is 30.0 Å². The normalized spacial score (nSPS) is 22.2. The first-order chi connectivity index (χ1) is 9.54. The minimum absolute atomic E-state index is 0.0526. The Balaban J connectivity index is 1.64. The third kappa shape index (κ3) is 2.73. The van der Waals surface area contributed by atoms with Gasteiger partial charge in [0, 0.05) is 29.2 Å². The molecule has 1 atom stereocenters. The van der Waals surface area contributed by atoms with E-state index in [0.717, 1.165) is 28.6 Å². The summed E-state index contributed by atoms with van der Waals surface area (Å²) >= 11 is 3.44. The molecule has 1 aliphatic heterocycles. The van der Waals surface area contributed by atoms with E-state index in [2.05, 4.69) is 21.2 Å². The molecule has 0 radical (unpaired) electrons. The molecule has 1 aromatic rings. The second-order valence-electron chi connectivity index (χ2n) is 5.63. The van der Waals surface area contributed by atoms with Crippen LogP contribution in [0.2, 0.25) is 0 Å². The molecule has 2 aliphatic rings. The maximum atomic E-state index is 12.2. The van der Waals surface area contributed by atoms with Gasteiger partial charge in [0.1, 0.15) is 0 Å². The van der Waals surface area contributed by atoms with Crippen molar-refractivity contribution >= 4 is 33.4 Å². The third-order valence-electron chi connectivity index (χ3n) is 3.94. The van der Waals surface area contributed by atoms with Crippen molar-refractivity contribution in [1.29, 1.82) is 0 Å². The molecular weight excluding hydrogens is 320 g/mol. The number of carbonyl (C=O) groups excluding carboxylic acids is 2. The van der Waals surface area contributed by atoms with Crippen molar-refractivity contribution in [3.05, 3.63) is 28.2 Å². The first-order valence-corrected chi connectivity index (χ1v) is 7.70. The number of amides is 2. The van der Waals surface area contributed by atoms with E-state index in [0.29, 0.717) is 19.0 Å². The van der Waals surface area contributed by atoms with Crippen LogP contribution >= 0.6 is 15.9 Å². The molecule has 2 amide bonds. The lowest BCUT2D eigenvalue weighted by Crippen LogP contribution is -2.29. The van der Waals surface area contributed by atoms with E-state index in [4.69, 9.17) is 0 Å². The van der Waals surface area contributed by atoms with Gasteiger partial charge in [-0.1, -0.05) is 15.9 Å². The van der Waals surface area contributed by atoms with Gasteiger partial charge in [-0.2, -0.15) is 0 Å². The molecule has 1 aromatic carbocycles. The maximum absolute atomic E-state index is 12.2. The Morgan fingerprint density at radius 2 is 2.15 bits per heavy atom. The Labute approximate surface area is 126 Å². The second-order valence-corrected chi connectivity index (χ2v) is 6.49. The number of hydrogen-bond acceptors (Lipinski definition) is 2. The van der Waals surface area contributed by atoms with E-state index < -0.39 is 0 Å². The summed E-state index contributed by atoms with van der Waals surface area (Å²) in [6.45, 7) is 2.55. The molecule has 106 valence electrons. The molecule has 0 bridgehead atoms. The minimum Gasteiger partial charge on any atom is -0.339 e. The summed E-state index contributed by atoms with van der Waals surface area (Å²) in [5, 5.41) is 2.91. The fourth-order valence-corrected chi connectivity index (χ4v) is 2.86. The van der Waals surface area contributed by atoms with Crippen LogP contribution in [0.3, 0.4) is 0 Å². The molecule has 2 fully saturated rings. The van der Waals surface area contributed by atoms with Crippen molar-refractivity contribution in [2.24, 2.45) is 5.92 Å². The maximum Gasteiger partial charge on any atom is 0.229 e. The molecule has 0 aromatic heterocycles. The van der Waals surface area contributed by atoms with Crippen LogP contribution in [0, 0.1) is 12.8 Å². The number of benzene rings is 1. The molecule has 20 heavy (non-hydrogen) atoms. The number of nitrogens with zero attached hydrogens (tertiary/aromatic N) is 1. The molecule has 1 heterocycles. The van der Waals surface area contributed by atoms with Gasteiger partial charge >= 0.3 is 0 Å². The largest absolute Gasteiger partial charge is 0.339 e. The van der Waals surface area contributed by atoms with Crippen molar-refractivity contribution in [2.75, 3.05) is 11.9 Å². The average molecular weight is 337 g/mol. The van der Waals surface area contributed by atoms with Crippen molar-refractivity contribution in [3.8, 4) is 0 Å². The molecule has 1 N–H and O–H groups in total. The molecular formula is C15H17BrN2O2. The van der Waals surface area contributed by atoms with Crippen LogP contribution in [0.1, 0.15) is 24.8 Å². The van der Waals surface area contributed by atoms with Gasteiger partial charge in [-0.3, -0.25) is 9.59 Å². The van der Waals surface area contributed by atoms with E-state index in [9.17, 15) is 9.59 Å². The molecule has 3 rings (SSSR count). The van der Waals surface area contributed by atoms with Crippen LogP contribution in [0.15, 0.2) is 22.7 Å². The highest BCUT2D eigenvalue weighted by Gasteiger charge is 2.41. The topological polar surface area (TPSA) is 49.4 Å². The number of anilines is 1. The lowest BCUT2D eigenvalue weighted by molar-refractivity contribution is -0.128. The summed E-state index contributed by atoms with van der Waals surface area (Å²) in [6.07, 6.45) is 2.52. The summed E-state index contributed by atoms with van der Waals surface area (Å²) in [7, 11) is 0. The van der Waals surface area contributed by atoms with Gasteiger partial charge < -0.3 is 10.2 Å². The zero-order valence-electron chi connectivity index (χ0n) is 11.4. The van der Waals surface area contributed by atoms with Crippen LogP contribution in [-0.2, 0) is 9.59 Å². The Kier molecular flexibility index (Phi) is 3.54. The first kappa shape index (κ1) is 13.6. The van der Waals surface area contributed by atoms with Crippen LogP contribution < -0.4 is 5.32 Å². The van der Waals surface area contributed by atoms with Crippen molar-refractivity contribution < 1.29 is 9.59 Å². The molecule has 4 nitrogen and oxygen atoms in total. The standard InChI is InChI=1S/C15H17BrN2O2/c1-9-6-11(2-5-13(9)16)17-15(20)10-7-14(19)18(8-10)12-3-4-12/h2,5-6,10,12H,3-4,7-8H2,1H3,(H,17,20)/t10-/m1/s1. The second kappa shape index (κ2) is 5.20. The summed E-state index contributed by atoms with van der Waals surface area (Å²) in [4.78, 5) is 26.0. The van der Waals surface area contributed by atoms with E-state index in [1.54, 1.807) is 0 Å². The van der Waals surface area contributed by atoms with Gasteiger partial charge in [0.15, 0.2) is 0 Å². The smallest absolute Gasteiger partial charge is 0.229 e. The zero-order valence-corrected chi connectivity index (χ0v) is 12.9. The predicted octanol–water partition coefficient (Wildman–Crippen LogP) is 2.71. The lowest BCUT2D eigenvalue weighted by atomic mass is 10.1. The first-order valence-electron chi connectivity index (χ1n) is 6.91.